The van der Waals surface area contributed by atoms with Crippen LogP contribution in [0, 0.1) is 5.92 Å². The van der Waals surface area contributed by atoms with Crippen molar-refractivity contribution in [3.8, 4) is 11.3 Å². The molecule has 7 rings (SSSR count). The maximum absolute atomic E-state index is 13.9. The fourth-order valence-corrected chi connectivity index (χ4v) is 8.84. The summed E-state index contributed by atoms with van der Waals surface area (Å²) in [5.41, 5.74) is 5.06. The normalized spacial score (nSPS) is 21.9. The molecule has 0 bridgehead atoms. The molecule has 2 aromatic carbocycles. The van der Waals surface area contributed by atoms with E-state index in [1.54, 1.807) is 4.90 Å². The van der Waals surface area contributed by atoms with Gasteiger partial charge in [0.05, 0.1) is 38.2 Å². The molecule has 2 aromatic heterocycles. The first-order valence-corrected chi connectivity index (χ1v) is 20.2. The van der Waals surface area contributed by atoms with Gasteiger partial charge in [-0.15, -0.1) is 0 Å². The van der Waals surface area contributed by atoms with Crippen LogP contribution in [0.4, 0.5) is 9.59 Å². The summed E-state index contributed by atoms with van der Waals surface area (Å²) in [6.45, 7) is 5.04. The van der Waals surface area contributed by atoms with Crippen molar-refractivity contribution < 1.29 is 28.7 Å². The molecule has 0 radical (unpaired) electrons. The van der Waals surface area contributed by atoms with Crippen LogP contribution in [0.3, 0.4) is 0 Å². The van der Waals surface area contributed by atoms with Gasteiger partial charge in [0.25, 0.3) is 5.91 Å². The van der Waals surface area contributed by atoms with Gasteiger partial charge in [0, 0.05) is 30.9 Å². The molecule has 1 saturated carbocycles. The third-order valence-corrected chi connectivity index (χ3v) is 12.0. The van der Waals surface area contributed by atoms with E-state index in [4.69, 9.17) is 19.4 Å². The highest BCUT2D eigenvalue weighted by atomic mass is 16.5. The summed E-state index contributed by atoms with van der Waals surface area (Å²) in [6.07, 6.45) is 10.0. The number of rotatable bonds is 11. The van der Waals surface area contributed by atoms with Gasteiger partial charge in [0.2, 0.25) is 5.91 Å². The van der Waals surface area contributed by atoms with Crippen LogP contribution in [0.15, 0.2) is 67.0 Å². The van der Waals surface area contributed by atoms with Gasteiger partial charge in [0.15, 0.2) is 0 Å². The highest BCUT2D eigenvalue weighted by Gasteiger charge is 2.39. The fourth-order valence-electron chi connectivity index (χ4n) is 8.84. The van der Waals surface area contributed by atoms with Crippen molar-refractivity contribution in [3.05, 3.63) is 95.5 Å². The maximum Gasteiger partial charge on any atom is 0.407 e. The summed E-state index contributed by atoms with van der Waals surface area (Å²) in [5.74, 6) is 2.00. The fraction of sp³-hybridized carbons (Fsp3) is 0.488. The van der Waals surface area contributed by atoms with Gasteiger partial charge in [-0.2, -0.15) is 0 Å². The van der Waals surface area contributed by atoms with E-state index in [-0.39, 0.29) is 29.8 Å². The number of alkyl carbamates (subject to hydrolysis) is 2. The Morgan fingerprint density at radius 3 is 1.91 bits per heavy atom. The average molecular weight is 779 g/mol. The molecule has 4 aromatic rings. The third kappa shape index (κ3) is 8.69. The van der Waals surface area contributed by atoms with E-state index < -0.39 is 24.3 Å². The summed E-state index contributed by atoms with van der Waals surface area (Å²) in [4.78, 5) is 71.9. The van der Waals surface area contributed by atoms with Crippen molar-refractivity contribution in [2.75, 3.05) is 27.3 Å². The van der Waals surface area contributed by atoms with Crippen molar-refractivity contribution in [1.29, 1.82) is 0 Å². The standard InChI is InChI=1S/C43H54N8O6/c1-26(2)36(48-42(54)56-3)40(52)50-22-8-12-34(50)38-44-24-32(46-38)29-18-14-27(15-19-29)28-16-20-30(21-17-28)33-25-45-39(47-33)35-13-9-23-51(35)41(53)37(49-43(55)57-4)31-10-6-5-7-11-31/h5-7,10-11,16-17,20-21,24-27,29,34-37H,8-9,12-15,18-19,22-23H2,1-4H3,(H,44,46)(H,45,47)(H,48,54)(H,49,55)/t27?,29?,34-,35-,36+,37+/m0/s1. The van der Waals surface area contributed by atoms with E-state index in [0.29, 0.717) is 30.5 Å². The number of H-pyrrole nitrogens is 2. The van der Waals surface area contributed by atoms with Gasteiger partial charge in [-0.3, -0.25) is 9.59 Å². The number of carbonyl (C=O) groups is 4. The molecule has 0 spiro atoms. The monoisotopic (exact) mass is 778 g/mol. The number of ether oxygens (including phenoxy) is 2. The number of nitrogens with zero attached hydrogens (tertiary/aromatic N) is 4. The molecule has 0 unspecified atom stereocenters. The predicted molar refractivity (Wildman–Crippen MR) is 213 cm³/mol. The van der Waals surface area contributed by atoms with Crippen LogP contribution in [0.25, 0.3) is 11.3 Å². The summed E-state index contributed by atoms with van der Waals surface area (Å²) in [7, 11) is 2.59. The molecule has 2 aliphatic heterocycles. The lowest BCUT2D eigenvalue weighted by Crippen LogP contribution is -2.51. The van der Waals surface area contributed by atoms with Crippen LogP contribution in [-0.4, -0.2) is 87.1 Å². The van der Waals surface area contributed by atoms with E-state index in [0.717, 1.165) is 80.0 Å². The number of hydrogen-bond acceptors (Lipinski definition) is 8. The Balaban J connectivity index is 0.953. The second kappa shape index (κ2) is 17.6. The van der Waals surface area contributed by atoms with Crippen molar-refractivity contribution in [1.82, 2.24) is 40.4 Å². The summed E-state index contributed by atoms with van der Waals surface area (Å²) >= 11 is 0. The zero-order chi connectivity index (χ0) is 40.1. The first-order chi connectivity index (χ1) is 27.6. The predicted octanol–water partition coefficient (Wildman–Crippen LogP) is 7.05. The molecule has 14 nitrogen and oxygen atoms in total. The van der Waals surface area contributed by atoms with Crippen molar-refractivity contribution in [2.24, 2.45) is 5.92 Å². The quantitative estimate of drug-likeness (QED) is 0.125. The van der Waals surface area contributed by atoms with Crippen molar-refractivity contribution in [3.63, 3.8) is 0 Å². The van der Waals surface area contributed by atoms with E-state index in [2.05, 4.69) is 44.9 Å². The second-order valence-electron chi connectivity index (χ2n) is 15.8. The van der Waals surface area contributed by atoms with Gasteiger partial charge in [-0.05, 0) is 79.9 Å². The van der Waals surface area contributed by atoms with E-state index >= 15 is 0 Å². The zero-order valence-corrected chi connectivity index (χ0v) is 33.2. The maximum atomic E-state index is 13.9. The largest absolute Gasteiger partial charge is 0.453 e. The Labute approximate surface area is 333 Å². The number of amides is 4. The van der Waals surface area contributed by atoms with Gasteiger partial charge in [0.1, 0.15) is 23.7 Å². The molecule has 1 aliphatic carbocycles. The molecule has 3 aliphatic rings. The lowest BCUT2D eigenvalue weighted by atomic mass is 9.77. The number of methoxy groups -OCH3 is 2. The minimum Gasteiger partial charge on any atom is -0.453 e. The SMILES string of the molecule is COC(=O)N[C@@H](C(=O)N1CCC[C@H]1c1ncc(-c2ccc(C3CCC(c4cnc([C@@H]5CCCN5C(=O)[C@H](NC(=O)OC)C(C)C)[nH]4)CC3)cc2)[nH]1)c1ccccc1. The highest BCUT2D eigenvalue weighted by Crippen LogP contribution is 2.42. The Morgan fingerprint density at radius 1 is 0.702 bits per heavy atom. The van der Waals surface area contributed by atoms with Crippen LogP contribution in [-0.2, 0) is 19.1 Å². The van der Waals surface area contributed by atoms with Crippen LogP contribution < -0.4 is 10.6 Å². The topological polar surface area (TPSA) is 175 Å². The molecule has 4 heterocycles. The zero-order valence-electron chi connectivity index (χ0n) is 33.2. The number of benzene rings is 2. The lowest BCUT2D eigenvalue weighted by Gasteiger charge is -2.30. The van der Waals surface area contributed by atoms with Crippen molar-refractivity contribution >= 4 is 24.0 Å². The van der Waals surface area contributed by atoms with Crippen LogP contribution in [0.1, 0.15) is 124 Å². The molecule has 4 amide bonds. The molecule has 57 heavy (non-hydrogen) atoms. The number of aromatic amines is 2. The third-order valence-electron chi connectivity index (χ3n) is 12.0. The first kappa shape index (κ1) is 39.6. The molecule has 4 atom stereocenters. The van der Waals surface area contributed by atoms with Crippen LogP contribution >= 0.6 is 0 Å². The number of aromatic nitrogens is 4. The Hall–Kier alpha value is -5.66. The first-order valence-electron chi connectivity index (χ1n) is 20.2. The van der Waals surface area contributed by atoms with Gasteiger partial charge >= 0.3 is 12.2 Å². The molecule has 3 fully saturated rings. The highest BCUT2D eigenvalue weighted by molar-refractivity contribution is 5.88. The summed E-state index contributed by atoms with van der Waals surface area (Å²) in [6, 6.07) is 16.0. The molecular formula is C43H54N8O6. The minimum atomic E-state index is -0.866. The Kier molecular flexibility index (Phi) is 12.2. The molecule has 302 valence electrons. The number of nitrogens with one attached hydrogen (secondary N) is 4. The minimum absolute atomic E-state index is 0.0829. The summed E-state index contributed by atoms with van der Waals surface area (Å²) in [5, 5.41) is 5.44. The van der Waals surface area contributed by atoms with Crippen LogP contribution in [0.5, 0.6) is 0 Å². The lowest BCUT2D eigenvalue weighted by molar-refractivity contribution is -0.135. The molecule has 4 N–H and O–H groups in total. The van der Waals surface area contributed by atoms with Crippen LogP contribution in [0.2, 0.25) is 0 Å². The molecule has 14 heteroatoms. The average Bonchev–Trinajstić information content (AvgIpc) is 4.09. The Morgan fingerprint density at radius 2 is 1.28 bits per heavy atom. The Bertz CT molecular complexity index is 2000. The molecule has 2 saturated heterocycles. The number of likely N-dealkylation sites (tertiary alicyclic amines) is 2. The van der Waals surface area contributed by atoms with E-state index in [9.17, 15) is 19.2 Å². The number of hydrogen-bond donors (Lipinski definition) is 4. The van der Waals surface area contributed by atoms with Gasteiger partial charge < -0.3 is 39.9 Å². The van der Waals surface area contributed by atoms with Gasteiger partial charge in [-0.1, -0.05) is 68.4 Å². The second-order valence-corrected chi connectivity index (χ2v) is 15.8. The van der Waals surface area contributed by atoms with E-state index in [1.807, 2.05) is 61.5 Å². The smallest absolute Gasteiger partial charge is 0.407 e. The summed E-state index contributed by atoms with van der Waals surface area (Å²) < 4.78 is 9.60. The number of carbonyl (C=O) groups excluding carboxylic acids is 4. The number of imidazole rings is 2. The van der Waals surface area contributed by atoms with Gasteiger partial charge in [-0.25, -0.2) is 19.6 Å². The van der Waals surface area contributed by atoms with Crippen molar-refractivity contribution in [2.45, 2.75) is 101 Å². The van der Waals surface area contributed by atoms with E-state index in [1.165, 1.54) is 19.8 Å². The molecular weight excluding hydrogens is 725 g/mol.